The second kappa shape index (κ2) is 8.14. The average Bonchev–Trinajstić information content (AvgIpc) is 2.50. The Morgan fingerprint density at radius 1 is 1.27 bits per heavy atom. The largest absolute Gasteiger partial charge is 0.463 e. The molecule has 1 aromatic carbocycles. The second-order valence-electron chi connectivity index (χ2n) is 6.21. The van der Waals surface area contributed by atoms with Gasteiger partial charge in [0.2, 0.25) is 0 Å². The lowest BCUT2D eigenvalue weighted by Crippen LogP contribution is -2.29. The number of esters is 1. The van der Waals surface area contributed by atoms with E-state index in [2.05, 4.69) is 49.3 Å². The first-order valence-electron chi connectivity index (χ1n) is 8.19. The van der Waals surface area contributed by atoms with Gasteiger partial charge >= 0.3 is 5.97 Å². The molecule has 0 N–H and O–H groups in total. The van der Waals surface area contributed by atoms with E-state index in [0.29, 0.717) is 18.6 Å². The fraction of sp³-hybridized carbons (Fsp3) is 0.526. The van der Waals surface area contributed by atoms with Gasteiger partial charge in [-0.3, -0.25) is 0 Å². The summed E-state index contributed by atoms with van der Waals surface area (Å²) in [6.07, 6.45) is 5.96. The monoisotopic (exact) mass is 301 g/mol. The van der Waals surface area contributed by atoms with Gasteiger partial charge in [-0.2, -0.15) is 0 Å². The summed E-state index contributed by atoms with van der Waals surface area (Å²) in [6, 6.07) is 11.2. The lowest BCUT2D eigenvalue weighted by atomic mass is 9.78. The zero-order valence-electron chi connectivity index (χ0n) is 13.9. The van der Waals surface area contributed by atoms with Gasteiger partial charge in [0.15, 0.2) is 0 Å². The molecule has 1 unspecified atom stereocenters. The highest BCUT2D eigenvalue weighted by Crippen LogP contribution is 2.38. The number of carbonyl (C=O) groups excluding carboxylic acids is 1. The second-order valence-corrected chi connectivity index (χ2v) is 6.21. The number of allylic oxidation sites excluding steroid dienone is 1. The normalized spacial score (nSPS) is 19.8. The number of benzene rings is 1. The summed E-state index contributed by atoms with van der Waals surface area (Å²) in [7, 11) is 4.31. The van der Waals surface area contributed by atoms with Gasteiger partial charge in [-0.05, 0) is 58.2 Å². The molecule has 120 valence electrons. The van der Waals surface area contributed by atoms with Crippen LogP contribution in [0.25, 0.3) is 0 Å². The Balaban J connectivity index is 2.01. The predicted molar refractivity (Wildman–Crippen MR) is 89.5 cm³/mol. The molecule has 1 aliphatic carbocycles. The van der Waals surface area contributed by atoms with E-state index in [1.165, 1.54) is 11.1 Å². The van der Waals surface area contributed by atoms with Crippen LogP contribution in [-0.4, -0.2) is 31.6 Å². The van der Waals surface area contributed by atoms with Crippen molar-refractivity contribution >= 4 is 5.97 Å². The van der Waals surface area contributed by atoms with Crippen LogP contribution >= 0.6 is 0 Å². The molecule has 0 saturated heterocycles. The molecular weight excluding hydrogens is 274 g/mol. The van der Waals surface area contributed by atoms with Crippen LogP contribution in [0.15, 0.2) is 42.0 Å². The van der Waals surface area contributed by atoms with Crippen molar-refractivity contribution in [1.82, 2.24) is 4.90 Å². The van der Waals surface area contributed by atoms with Crippen molar-refractivity contribution in [1.29, 1.82) is 0 Å². The Labute approximate surface area is 134 Å². The first-order valence-corrected chi connectivity index (χ1v) is 8.19. The Bertz CT molecular complexity index is 497. The highest BCUT2D eigenvalue weighted by atomic mass is 16.5. The van der Waals surface area contributed by atoms with Crippen LogP contribution in [0.3, 0.4) is 0 Å². The number of ether oxygens (including phenoxy) is 1. The number of rotatable bonds is 5. The van der Waals surface area contributed by atoms with E-state index < -0.39 is 0 Å². The smallest absolute Gasteiger partial charge is 0.330 e. The minimum atomic E-state index is -0.192. The van der Waals surface area contributed by atoms with E-state index in [1.807, 2.05) is 6.92 Å². The summed E-state index contributed by atoms with van der Waals surface area (Å²) in [5, 5.41) is 0. The molecule has 1 aliphatic rings. The number of hydrogen-bond acceptors (Lipinski definition) is 3. The van der Waals surface area contributed by atoms with E-state index in [9.17, 15) is 4.79 Å². The molecule has 0 amide bonds. The number of hydrogen-bond donors (Lipinski definition) is 0. The molecule has 1 atom stereocenters. The van der Waals surface area contributed by atoms with Crippen LogP contribution in [0, 0.1) is 5.92 Å². The van der Waals surface area contributed by atoms with E-state index in [0.717, 1.165) is 25.7 Å². The maximum atomic E-state index is 11.5. The lowest BCUT2D eigenvalue weighted by molar-refractivity contribution is -0.137. The van der Waals surface area contributed by atoms with E-state index in [4.69, 9.17) is 4.74 Å². The van der Waals surface area contributed by atoms with Crippen molar-refractivity contribution in [2.24, 2.45) is 5.92 Å². The van der Waals surface area contributed by atoms with Crippen molar-refractivity contribution in [3.8, 4) is 0 Å². The molecular formula is C19H27NO2. The molecule has 0 radical (unpaired) electrons. The molecule has 0 aliphatic heterocycles. The minimum Gasteiger partial charge on any atom is -0.463 e. The summed E-state index contributed by atoms with van der Waals surface area (Å²) in [6.45, 7) is 2.29. The quantitative estimate of drug-likeness (QED) is 0.609. The standard InChI is InChI=1S/C19H27NO2/c1-4-22-18(21)14-15-10-12-17(13-11-15)19(20(2)3)16-8-6-5-7-9-16/h5-9,14,17,19H,4,10-13H2,1-3H3. The Morgan fingerprint density at radius 3 is 2.45 bits per heavy atom. The van der Waals surface area contributed by atoms with Gasteiger partial charge in [0.05, 0.1) is 6.61 Å². The van der Waals surface area contributed by atoms with Gasteiger partial charge in [-0.1, -0.05) is 35.9 Å². The first kappa shape index (κ1) is 16.8. The fourth-order valence-electron chi connectivity index (χ4n) is 3.46. The third kappa shape index (κ3) is 4.44. The summed E-state index contributed by atoms with van der Waals surface area (Å²) in [5.74, 6) is 0.444. The molecule has 3 nitrogen and oxygen atoms in total. The van der Waals surface area contributed by atoms with Crippen molar-refractivity contribution < 1.29 is 9.53 Å². The van der Waals surface area contributed by atoms with Gasteiger partial charge in [0.1, 0.15) is 0 Å². The summed E-state index contributed by atoms with van der Waals surface area (Å²) in [4.78, 5) is 13.9. The topological polar surface area (TPSA) is 29.5 Å². The van der Waals surface area contributed by atoms with Gasteiger partial charge in [-0.15, -0.1) is 0 Å². The van der Waals surface area contributed by atoms with Crippen LogP contribution in [0.5, 0.6) is 0 Å². The number of carbonyl (C=O) groups is 1. The van der Waals surface area contributed by atoms with Crippen LogP contribution in [0.2, 0.25) is 0 Å². The molecule has 0 bridgehead atoms. The maximum absolute atomic E-state index is 11.5. The summed E-state index contributed by atoms with van der Waals surface area (Å²) in [5.41, 5.74) is 2.62. The predicted octanol–water partition coefficient (Wildman–Crippen LogP) is 3.97. The number of nitrogens with zero attached hydrogens (tertiary/aromatic N) is 1. The molecule has 1 aromatic rings. The fourth-order valence-corrected chi connectivity index (χ4v) is 3.46. The Morgan fingerprint density at radius 2 is 1.91 bits per heavy atom. The van der Waals surface area contributed by atoms with Crippen LogP contribution in [0.4, 0.5) is 0 Å². The average molecular weight is 301 g/mol. The SMILES string of the molecule is CCOC(=O)C=C1CCC(C(c2ccccc2)N(C)C)CC1. The van der Waals surface area contributed by atoms with Crippen LogP contribution in [-0.2, 0) is 9.53 Å². The van der Waals surface area contributed by atoms with E-state index in [-0.39, 0.29) is 5.97 Å². The van der Waals surface area contributed by atoms with Gasteiger partial charge in [0.25, 0.3) is 0 Å². The van der Waals surface area contributed by atoms with Crippen LogP contribution in [0.1, 0.15) is 44.2 Å². The van der Waals surface area contributed by atoms with Gasteiger partial charge in [-0.25, -0.2) is 4.79 Å². The summed E-state index contributed by atoms with van der Waals surface area (Å²) >= 11 is 0. The van der Waals surface area contributed by atoms with Gasteiger partial charge in [0, 0.05) is 12.1 Å². The minimum absolute atomic E-state index is 0.192. The highest BCUT2D eigenvalue weighted by molar-refractivity contribution is 5.82. The van der Waals surface area contributed by atoms with Crippen LogP contribution < -0.4 is 0 Å². The summed E-state index contributed by atoms with van der Waals surface area (Å²) < 4.78 is 5.00. The van der Waals surface area contributed by atoms with Crippen molar-refractivity contribution in [2.45, 2.75) is 38.6 Å². The zero-order valence-corrected chi connectivity index (χ0v) is 13.9. The lowest BCUT2D eigenvalue weighted by Gasteiger charge is -2.36. The Hall–Kier alpha value is -1.61. The maximum Gasteiger partial charge on any atom is 0.330 e. The molecule has 0 spiro atoms. The first-order chi connectivity index (χ1) is 10.6. The highest BCUT2D eigenvalue weighted by Gasteiger charge is 2.28. The van der Waals surface area contributed by atoms with E-state index in [1.54, 1.807) is 6.08 Å². The van der Waals surface area contributed by atoms with Crippen molar-refractivity contribution in [3.05, 3.63) is 47.5 Å². The molecule has 1 fully saturated rings. The Kier molecular flexibility index (Phi) is 6.20. The van der Waals surface area contributed by atoms with Gasteiger partial charge < -0.3 is 9.64 Å². The molecule has 3 heteroatoms. The molecule has 1 saturated carbocycles. The third-order valence-electron chi connectivity index (χ3n) is 4.43. The van der Waals surface area contributed by atoms with E-state index >= 15 is 0 Å². The molecule has 0 heterocycles. The zero-order chi connectivity index (χ0) is 15.9. The molecule has 0 aromatic heterocycles. The van der Waals surface area contributed by atoms with Crippen molar-refractivity contribution in [3.63, 3.8) is 0 Å². The molecule has 2 rings (SSSR count). The molecule has 22 heavy (non-hydrogen) atoms. The third-order valence-corrected chi connectivity index (χ3v) is 4.43. The van der Waals surface area contributed by atoms with Crippen molar-refractivity contribution in [2.75, 3.05) is 20.7 Å².